The lowest BCUT2D eigenvalue weighted by Crippen LogP contribution is -2.37. The third-order valence-corrected chi connectivity index (χ3v) is 2.29. The average molecular weight is 217 g/mol. The van der Waals surface area contributed by atoms with Gasteiger partial charge in [-0.3, -0.25) is 0 Å². The van der Waals surface area contributed by atoms with Crippen LogP contribution in [0.2, 0.25) is 0 Å². The van der Waals surface area contributed by atoms with Crippen LogP contribution in [-0.4, -0.2) is 12.2 Å². The predicted octanol–water partition coefficient (Wildman–Crippen LogP) is 2.82. The number of hydrogen-bond acceptors (Lipinski definition) is 1. The molecule has 1 atom stereocenters. The van der Waals surface area contributed by atoms with E-state index in [4.69, 9.17) is 5.73 Å². The van der Waals surface area contributed by atoms with Gasteiger partial charge in [-0.05, 0) is 25.3 Å². The van der Waals surface area contributed by atoms with Crippen LogP contribution in [0.1, 0.15) is 17.5 Å². The highest BCUT2D eigenvalue weighted by Gasteiger charge is 2.35. The maximum atomic E-state index is 12.1. The number of benzene rings is 1. The van der Waals surface area contributed by atoms with Gasteiger partial charge in [0.05, 0.1) is 0 Å². The largest absolute Gasteiger partial charge is 0.403 e. The molecule has 0 bridgehead atoms. The summed E-state index contributed by atoms with van der Waals surface area (Å²) in [6.07, 6.45) is -3.99. The van der Waals surface area contributed by atoms with E-state index in [1.807, 2.05) is 31.2 Å². The first kappa shape index (κ1) is 12.0. The standard InChI is InChI=1S/C11H14F3N/c1-8-2-4-9(5-3-8)6-7-10(15)11(12,13)14/h2-5,10H,6-7,15H2,1H3/t10-/m1/s1. The molecule has 0 unspecified atom stereocenters. The van der Waals surface area contributed by atoms with E-state index in [1.165, 1.54) is 0 Å². The monoisotopic (exact) mass is 217 g/mol. The molecule has 0 aromatic heterocycles. The van der Waals surface area contributed by atoms with Crippen molar-refractivity contribution in [1.82, 2.24) is 0 Å². The Bertz CT molecular complexity index is 303. The molecule has 1 nitrogen and oxygen atoms in total. The molecular formula is C11H14F3N. The minimum absolute atomic E-state index is 0.0629. The normalized spacial score (nSPS) is 13.9. The summed E-state index contributed by atoms with van der Waals surface area (Å²) < 4.78 is 36.3. The fourth-order valence-corrected chi connectivity index (χ4v) is 1.24. The van der Waals surface area contributed by atoms with Crippen LogP contribution in [0, 0.1) is 6.92 Å². The van der Waals surface area contributed by atoms with Gasteiger partial charge in [0.25, 0.3) is 0 Å². The minimum atomic E-state index is -4.29. The molecule has 0 saturated carbocycles. The first-order chi connectivity index (χ1) is 6.89. The van der Waals surface area contributed by atoms with Crippen LogP contribution in [0.15, 0.2) is 24.3 Å². The fourth-order valence-electron chi connectivity index (χ4n) is 1.24. The van der Waals surface area contributed by atoms with Crippen molar-refractivity contribution in [3.05, 3.63) is 35.4 Å². The Morgan fingerprint density at radius 1 is 1.20 bits per heavy atom. The van der Waals surface area contributed by atoms with E-state index in [0.29, 0.717) is 6.42 Å². The quantitative estimate of drug-likeness (QED) is 0.827. The van der Waals surface area contributed by atoms with Crippen LogP contribution in [0.5, 0.6) is 0 Å². The van der Waals surface area contributed by atoms with Gasteiger partial charge in [0.2, 0.25) is 0 Å². The van der Waals surface area contributed by atoms with Crippen molar-refractivity contribution < 1.29 is 13.2 Å². The highest BCUT2D eigenvalue weighted by Crippen LogP contribution is 2.21. The third-order valence-electron chi connectivity index (χ3n) is 2.29. The zero-order valence-electron chi connectivity index (χ0n) is 8.51. The van der Waals surface area contributed by atoms with Gasteiger partial charge in [-0.25, -0.2) is 0 Å². The van der Waals surface area contributed by atoms with Crippen LogP contribution in [0.25, 0.3) is 0 Å². The third kappa shape index (κ3) is 3.91. The summed E-state index contributed by atoms with van der Waals surface area (Å²) in [7, 11) is 0. The molecule has 0 aliphatic heterocycles. The lowest BCUT2D eigenvalue weighted by atomic mass is 10.0. The van der Waals surface area contributed by atoms with Crippen molar-refractivity contribution in [3.63, 3.8) is 0 Å². The second-order valence-electron chi connectivity index (χ2n) is 3.67. The van der Waals surface area contributed by atoms with Gasteiger partial charge in [-0.2, -0.15) is 13.2 Å². The minimum Gasteiger partial charge on any atom is -0.320 e. The maximum absolute atomic E-state index is 12.1. The molecule has 84 valence electrons. The van der Waals surface area contributed by atoms with E-state index in [1.54, 1.807) is 0 Å². The van der Waals surface area contributed by atoms with Gasteiger partial charge in [0, 0.05) is 0 Å². The number of halogens is 3. The summed E-state index contributed by atoms with van der Waals surface area (Å²) in [6, 6.07) is 5.71. The molecule has 1 aromatic carbocycles. The summed E-state index contributed by atoms with van der Waals surface area (Å²) in [5, 5.41) is 0. The molecule has 2 N–H and O–H groups in total. The molecule has 0 aliphatic carbocycles. The van der Waals surface area contributed by atoms with Crippen LogP contribution in [-0.2, 0) is 6.42 Å². The molecule has 0 saturated heterocycles. The van der Waals surface area contributed by atoms with Crippen molar-refractivity contribution in [3.8, 4) is 0 Å². The summed E-state index contributed by atoms with van der Waals surface area (Å²) in [4.78, 5) is 0. The van der Waals surface area contributed by atoms with Gasteiger partial charge >= 0.3 is 6.18 Å². The van der Waals surface area contributed by atoms with Gasteiger partial charge in [-0.15, -0.1) is 0 Å². The molecule has 4 heteroatoms. The molecule has 0 heterocycles. The van der Waals surface area contributed by atoms with E-state index in [0.717, 1.165) is 11.1 Å². The highest BCUT2D eigenvalue weighted by atomic mass is 19.4. The Morgan fingerprint density at radius 2 is 1.73 bits per heavy atom. The molecule has 0 fully saturated rings. The number of rotatable bonds is 3. The second kappa shape index (κ2) is 4.66. The zero-order chi connectivity index (χ0) is 11.5. The highest BCUT2D eigenvalue weighted by molar-refractivity contribution is 5.21. The molecule has 0 radical (unpaired) electrons. The lowest BCUT2D eigenvalue weighted by Gasteiger charge is -2.15. The number of hydrogen-bond donors (Lipinski definition) is 1. The van der Waals surface area contributed by atoms with Crippen LogP contribution in [0.4, 0.5) is 13.2 Å². The maximum Gasteiger partial charge on any atom is 0.403 e. The average Bonchev–Trinajstić information content (AvgIpc) is 2.15. The first-order valence-corrected chi connectivity index (χ1v) is 4.77. The van der Waals surface area contributed by atoms with E-state index in [9.17, 15) is 13.2 Å². The number of alkyl halides is 3. The fraction of sp³-hybridized carbons (Fsp3) is 0.455. The summed E-state index contributed by atoms with van der Waals surface area (Å²) in [5.74, 6) is 0. The predicted molar refractivity (Wildman–Crippen MR) is 53.5 cm³/mol. The van der Waals surface area contributed by atoms with Gasteiger partial charge in [-0.1, -0.05) is 29.8 Å². The van der Waals surface area contributed by atoms with Crippen molar-refractivity contribution in [2.75, 3.05) is 0 Å². The summed E-state index contributed by atoms with van der Waals surface area (Å²) in [5.41, 5.74) is 6.99. The lowest BCUT2D eigenvalue weighted by molar-refractivity contribution is -0.148. The molecule has 0 amide bonds. The van der Waals surface area contributed by atoms with Crippen LogP contribution in [0.3, 0.4) is 0 Å². The molecule has 1 rings (SSSR count). The van der Waals surface area contributed by atoms with Crippen LogP contribution >= 0.6 is 0 Å². The van der Waals surface area contributed by atoms with Crippen LogP contribution < -0.4 is 5.73 Å². The molecular weight excluding hydrogens is 203 g/mol. The summed E-state index contributed by atoms with van der Waals surface area (Å²) in [6.45, 7) is 1.94. The molecule has 15 heavy (non-hydrogen) atoms. The molecule has 0 spiro atoms. The first-order valence-electron chi connectivity index (χ1n) is 4.77. The van der Waals surface area contributed by atoms with Crippen molar-refractivity contribution in [2.45, 2.75) is 32.0 Å². The smallest absolute Gasteiger partial charge is 0.320 e. The molecule has 1 aromatic rings. The van der Waals surface area contributed by atoms with E-state index in [-0.39, 0.29) is 6.42 Å². The van der Waals surface area contributed by atoms with Gasteiger partial charge < -0.3 is 5.73 Å². The number of nitrogens with two attached hydrogens (primary N) is 1. The Labute approximate surface area is 87.1 Å². The Hall–Kier alpha value is -1.03. The van der Waals surface area contributed by atoms with Crippen molar-refractivity contribution in [2.24, 2.45) is 5.73 Å². The topological polar surface area (TPSA) is 26.0 Å². The second-order valence-corrected chi connectivity index (χ2v) is 3.67. The van der Waals surface area contributed by atoms with Crippen molar-refractivity contribution >= 4 is 0 Å². The van der Waals surface area contributed by atoms with Gasteiger partial charge in [0.15, 0.2) is 0 Å². The SMILES string of the molecule is Cc1ccc(CC[C@@H](N)C(F)(F)F)cc1. The van der Waals surface area contributed by atoms with Gasteiger partial charge in [0.1, 0.15) is 6.04 Å². The summed E-state index contributed by atoms with van der Waals surface area (Å²) >= 11 is 0. The molecule has 0 aliphatic rings. The van der Waals surface area contributed by atoms with E-state index >= 15 is 0 Å². The van der Waals surface area contributed by atoms with E-state index in [2.05, 4.69) is 0 Å². The van der Waals surface area contributed by atoms with Crippen molar-refractivity contribution in [1.29, 1.82) is 0 Å². The zero-order valence-corrected chi connectivity index (χ0v) is 8.51. The Morgan fingerprint density at radius 3 is 2.20 bits per heavy atom. The Kier molecular flexibility index (Phi) is 3.74. The number of aryl methyl sites for hydroxylation is 2. The Balaban J connectivity index is 2.47. The van der Waals surface area contributed by atoms with E-state index < -0.39 is 12.2 Å².